The molecule has 0 saturated heterocycles. The second-order valence-corrected chi connectivity index (χ2v) is 8.34. The highest BCUT2D eigenvalue weighted by Crippen LogP contribution is 2.35. The predicted molar refractivity (Wildman–Crippen MR) is 122 cm³/mol. The molecular formula is C20H11Cl3N4O3S. The number of imide groups is 1. The highest BCUT2D eigenvalue weighted by Gasteiger charge is 2.40. The van der Waals surface area contributed by atoms with Gasteiger partial charge in [-0.25, -0.2) is 9.88 Å². The molecule has 31 heavy (non-hydrogen) atoms. The van der Waals surface area contributed by atoms with E-state index in [1.807, 2.05) is 0 Å². The van der Waals surface area contributed by atoms with E-state index in [0.29, 0.717) is 21.4 Å². The Morgan fingerprint density at radius 2 is 1.74 bits per heavy atom. The second-order valence-electron chi connectivity index (χ2n) is 6.22. The van der Waals surface area contributed by atoms with Crippen molar-refractivity contribution in [3.8, 4) is 0 Å². The molecule has 0 atom stereocenters. The minimum Gasteiger partial charge on any atom is -0.350 e. The number of aromatic nitrogens is 1. The first-order chi connectivity index (χ1) is 14.8. The number of nitrogens with zero attached hydrogens (tertiary/aromatic N) is 2. The van der Waals surface area contributed by atoms with Gasteiger partial charge in [0.1, 0.15) is 10.7 Å². The maximum absolute atomic E-state index is 12.9. The summed E-state index contributed by atoms with van der Waals surface area (Å²) in [5.74, 6) is -1.73. The molecule has 4 rings (SSSR count). The number of nitrogens with one attached hydrogen (secondary N) is 2. The Bertz CT molecular complexity index is 1230. The largest absolute Gasteiger partial charge is 0.350 e. The topological polar surface area (TPSA) is 91.4 Å². The number of carbonyl (C=O) groups excluding carboxylic acids is 3. The standard InChI is InChI=1S/C20H11Cl3N4O3S/c21-11-3-6-13(22)14(9-11)27-18(29)15(23)16(19(27)30)25-12-4-1-10(2-5-12)17(28)26-20-24-7-8-31-20/h1-9,25H,(H,24,26,28). The summed E-state index contributed by atoms with van der Waals surface area (Å²) in [4.78, 5) is 42.6. The predicted octanol–water partition coefficient (Wildman–Crippen LogP) is 5.14. The van der Waals surface area contributed by atoms with Gasteiger partial charge in [-0.1, -0.05) is 34.8 Å². The lowest BCUT2D eigenvalue weighted by Crippen LogP contribution is -2.32. The van der Waals surface area contributed by atoms with E-state index in [-0.39, 0.29) is 27.3 Å². The Morgan fingerprint density at radius 1 is 1.00 bits per heavy atom. The number of halogens is 3. The number of hydrogen-bond acceptors (Lipinski definition) is 6. The summed E-state index contributed by atoms with van der Waals surface area (Å²) in [5.41, 5.74) is 0.872. The number of anilines is 3. The first-order valence-electron chi connectivity index (χ1n) is 8.66. The SMILES string of the molecule is O=C(Nc1nccs1)c1ccc(NC2=C(Cl)C(=O)N(c3cc(Cl)ccc3Cl)C2=O)cc1. The number of amides is 3. The van der Waals surface area contributed by atoms with Gasteiger partial charge in [0.25, 0.3) is 17.7 Å². The summed E-state index contributed by atoms with van der Waals surface area (Å²) in [6, 6.07) is 10.7. The molecule has 1 aliphatic heterocycles. The van der Waals surface area contributed by atoms with Crippen molar-refractivity contribution in [1.82, 2.24) is 4.98 Å². The van der Waals surface area contributed by atoms with Gasteiger partial charge < -0.3 is 5.32 Å². The third kappa shape index (κ3) is 4.28. The molecule has 7 nitrogen and oxygen atoms in total. The van der Waals surface area contributed by atoms with E-state index in [4.69, 9.17) is 34.8 Å². The van der Waals surface area contributed by atoms with Gasteiger partial charge in [0.2, 0.25) is 0 Å². The second kappa shape index (κ2) is 8.68. The summed E-state index contributed by atoms with van der Waals surface area (Å²) in [5, 5.41) is 7.94. The molecule has 2 aromatic carbocycles. The van der Waals surface area contributed by atoms with E-state index in [1.165, 1.54) is 23.5 Å². The van der Waals surface area contributed by atoms with Crippen molar-refractivity contribution >= 4 is 80.4 Å². The zero-order chi connectivity index (χ0) is 22.1. The van der Waals surface area contributed by atoms with E-state index >= 15 is 0 Å². The molecule has 0 bridgehead atoms. The van der Waals surface area contributed by atoms with Gasteiger partial charge in [0, 0.05) is 27.9 Å². The molecule has 1 aromatic heterocycles. The summed E-state index contributed by atoms with van der Waals surface area (Å²) < 4.78 is 0. The number of thiazole rings is 1. The Labute approximate surface area is 195 Å². The van der Waals surface area contributed by atoms with Gasteiger partial charge >= 0.3 is 0 Å². The number of benzene rings is 2. The fourth-order valence-corrected chi connectivity index (χ4v) is 3.90. The smallest absolute Gasteiger partial charge is 0.283 e. The Balaban J connectivity index is 1.52. The number of hydrogen-bond donors (Lipinski definition) is 2. The van der Waals surface area contributed by atoms with E-state index < -0.39 is 11.8 Å². The van der Waals surface area contributed by atoms with Crippen molar-refractivity contribution in [3.63, 3.8) is 0 Å². The molecule has 0 saturated carbocycles. The van der Waals surface area contributed by atoms with E-state index in [2.05, 4.69) is 15.6 Å². The van der Waals surface area contributed by atoms with Gasteiger partial charge in [-0.05, 0) is 42.5 Å². The maximum atomic E-state index is 12.9. The van der Waals surface area contributed by atoms with Crippen LogP contribution in [0.15, 0.2) is 64.8 Å². The summed E-state index contributed by atoms with van der Waals surface area (Å²) in [6.45, 7) is 0. The van der Waals surface area contributed by atoms with E-state index in [0.717, 1.165) is 4.90 Å². The van der Waals surface area contributed by atoms with Crippen LogP contribution in [0, 0.1) is 0 Å². The highest BCUT2D eigenvalue weighted by atomic mass is 35.5. The lowest BCUT2D eigenvalue weighted by Gasteiger charge is -2.17. The third-order valence-corrected chi connectivity index (χ3v) is 5.84. The summed E-state index contributed by atoms with van der Waals surface area (Å²) >= 11 is 19.5. The van der Waals surface area contributed by atoms with Crippen LogP contribution < -0.4 is 15.5 Å². The van der Waals surface area contributed by atoms with Crippen LogP contribution in [0.5, 0.6) is 0 Å². The van der Waals surface area contributed by atoms with Gasteiger partial charge in [0.15, 0.2) is 5.13 Å². The summed E-state index contributed by atoms with van der Waals surface area (Å²) in [6.07, 6.45) is 1.59. The van der Waals surface area contributed by atoms with Crippen LogP contribution in [0.25, 0.3) is 0 Å². The van der Waals surface area contributed by atoms with Gasteiger partial charge in [-0.3, -0.25) is 19.7 Å². The molecule has 11 heteroatoms. The van der Waals surface area contributed by atoms with Crippen molar-refractivity contribution in [1.29, 1.82) is 0 Å². The minimum atomic E-state index is -0.724. The lowest BCUT2D eigenvalue weighted by molar-refractivity contribution is -0.120. The molecule has 156 valence electrons. The maximum Gasteiger partial charge on any atom is 0.283 e. The zero-order valence-corrected chi connectivity index (χ0v) is 18.4. The van der Waals surface area contributed by atoms with Gasteiger partial charge in [-0.15, -0.1) is 11.3 Å². The Morgan fingerprint density at radius 3 is 2.42 bits per heavy atom. The van der Waals surface area contributed by atoms with Crippen LogP contribution in [0.1, 0.15) is 10.4 Å². The van der Waals surface area contributed by atoms with E-state index in [9.17, 15) is 14.4 Å². The highest BCUT2D eigenvalue weighted by molar-refractivity contribution is 7.13. The normalized spacial score (nSPS) is 13.7. The molecular weight excluding hydrogens is 483 g/mol. The van der Waals surface area contributed by atoms with Crippen molar-refractivity contribution in [2.45, 2.75) is 0 Å². The quantitative estimate of drug-likeness (QED) is 0.480. The van der Waals surface area contributed by atoms with E-state index in [1.54, 1.807) is 41.9 Å². The molecule has 1 aliphatic rings. The minimum absolute atomic E-state index is 0.109. The molecule has 0 spiro atoms. The molecule has 0 fully saturated rings. The Hall–Kier alpha value is -2.91. The molecule has 0 aliphatic carbocycles. The molecule has 0 unspecified atom stereocenters. The van der Waals surface area contributed by atoms with Crippen LogP contribution in [-0.4, -0.2) is 22.7 Å². The fourth-order valence-electron chi connectivity index (χ4n) is 2.79. The van der Waals surface area contributed by atoms with Crippen LogP contribution in [-0.2, 0) is 9.59 Å². The van der Waals surface area contributed by atoms with Crippen LogP contribution in [0.3, 0.4) is 0 Å². The number of carbonyl (C=O) groups is 3. The van der Waals surface area contributed by atoms with Crippen LogP contribution >= 0.6 is 46.1 Å². The average molecular weight is 494 g/mol. The fraction of sp³-hybridized carbons (Fsp3) is 0. The van der Waals surface area contributed by atoms with Gasteiger partial charge in [0.05, 0.1) is 10.7 Å². The Kier molecular flexibility index (Phi) is 5.97. The monoisotopic (exact) mass is 492 g/mol. The molecule has 2 heterocycles. The molecule has 3 amide bonds. The number of rotatable bonds is 5. The zero-order valence-electron chi connectivity index (χ0n) is 15.4. The first-order valence-corrected chi connectivity index (χ1v) is 10.7. The molecule has 0 radical (unpaired) electrons. The van der Waals surface area contributed by atoms with Crippen LogP contribution in [0.4, 0.5) is 16.5 Å². The average Bonchev–Trinajstić information content (AvgIpc) is 3.33. The summed E-state index contributed by atoms with van der Waals surface area (Å²) in [7, 11) is 0. The molecule has 3 aromatic rings. The molecule has 2 N–H and O–H groups in total. The lowest BCUT2D eigenvalue weighted by atomic mass is 10.2. The third-order valence-electron chi connectivity index (χ3n) is 4.25. The first kappa shape index (κ1) is 21.3. The van der Waals surface area contributed by atoms with Crippen molar-refractivity contribution < 1.29 is 14.4 Å². The van der Waals surface area contributed by atoms with Crippen molar-refractivity contribution in [2.24, 2.45) is 0 Å². The van der Waals surface area contributed by atoms with Gasteiger partial charge in [-0.2, -0.15) is 0 Å². The van der Waals surface area contributed by atoms with Crippen molar-refractivity contribution in [3.05, 3.63) is 80.4 Å². The van der Waals surface area contributed by atoms with Crippen LogP contribution in [0.2, 0.25) is 10.0 Å². The van der Waals surface area contributed by atoms with Crippen molar-refractivity contribution in [2.75, 3.05) is 15.5 Å².